The van der Waals surface area contributed by atoms with Crippen LogP contribution in [0.15, 0.2) is 53.4 Å². The number of fused-ring (bicyclic) bond motifs is 1. The zero-order valence-corrected chi connectivity index (χ0v) is 16.0. The minimum atomic E-state index is -3.53. The summed E-state index contributed by atoms with van der Waals surface area (Å²) in [4.78, 5) is 2.18. The van der Waals surface area contributed by atoms with E-state index < -0.39 is 10.0 Å². The van der Waals surface area contributed by atoms with Gasteiger partial charge in [0.15, 0.2) is 0 Å². The van der Waals surface area contributed by atoms with Crippen LogP contribution in [0.25, 0.3) is 0 Å². The van der Waals surface area contributed by atoms with E-state index in [2.05, 4.69) is 22.2 Å². The second kappa shape index (κ2) is 8.19. The molecule has 1 atom stereocenters. The van der Waals surface area contributed by atoms with Crippen molar-refractivity contribution in [2.75, 3.05) is 32.1 Å². The predicted octanol–water partition coefficient (Wildman–Crippen LogP) is 2.34. The fourth-order valence-corrected chi connectivity index (χ4v) is 4.07. The average molecular weight is 382 g/mol. The van der Waals surface area contributed by atoms with Gasteiger partial charge in [0.1, 0.15) is 0 Å². The average Bonchev–Trinajstić information content (AvgIpc) is 2.60. The Morgan fingerprint density at radius 1 is 1.16 bits per heavy atom. The second-order valence-electron chi connectivity index (χ2n) is 6.20. The summed E-state index contributed by atoms with van der Waals surface area (Å²) in [6.07, 6.45) is 0.976. The Morgan fingerprint density at radius 3 is 2.68 bits per heavy atom. The predicted molar refractivity (Wildman–Crippen MR) is 104 cm³/mol. The molecule has 136 valence electrons. The fourth-order valence-electron chi connectivity index (χ4n) is 2.98. The summed E-state index contributed by atoms with van der Waals surface area (Å²) in [6.45, 7) is 1.20. The Balaban J connectivity index is 0.00000225. The maximum absolute atomic E-state index is 12.6. The minimum absolute atomic E-state index is 0. The molecule has 0 aliphatic carbocycles. The third kappa shape index (κ3) is 4.52. The second-order valence-corrected chi connectivity index (χ2v) is 7.97. The van der Waals surface area contributed by atoms with E-state index in [0.717, 1.165) is 18.7 Å². The van der Waals surface area contributed by atoms with Crippen molar-refractivity contribution in [3.8, 4) is 0 Å². The molecule has 1 heterocycles. The van der Waals surface area contributed by atoms with Crippen LogP contribution in [0.1, 0.15) is 17.2 Å². The van der Waals surface area contributed by atoms with Gasteiger partial charge >= 0.3 is 0 Å². The summed E-state index contributed by atoms with van der Waals surface area (Å²) < 4.78 is 28.0. The van der Waals surface area contributed by atoms with Crippen molar-refractivity contribution in [1.82, 2.24) is 10.0 Å². The standard InChI is InChI=1S/C18H23N3O2S.ClH/c1-21(2)15-7-5-8-16(12-15)24(22,23)20-13-18-17-9-4-3-6-14(17)10-11-19-18;/h3-9,12,18-20H,10-11,13H2,1-2H3;1H. The molecule has 0 saturated carbocycles. The number of nitrogens with one attached hydrogen (secondary N) is 2. The number of rotatable bonds is 5. The Morgan fingerprint density at radius 2 is 1.92 bits per heavy atom. The molecule has 0 aromatic heterocycles. The highest BCUT2D eigenvalue weighted by Crippen LogP contribution is 2.23. The van der Waals surface area contributed by atoms with E-state index in [9.17, 15) is 8.42 Å². The minimum Gasteiger partial charge on any atom is -0.378 e. The Kier molecular flexibility index (Phi) is 6.46. The number of sulfonamides is 1. The first-order valence-electron chi connectivity index (χ1n) is 8.05. The zero-order valence-electron chi connectivity index (χ0n) is 14.4. The Labute approximate surface area is 155 Å². The van der Waals surface area contributed by atoms with Crippen LogP contribution in [0, 0.1) is 0 Å². The van der Waals surface area contributed by atoms with Crippen molar-refractivity contribution in [3.63, 3.8) is 0 Å². The molecule has 2 aromatic carbocycles. The highest BCUT2D eigenvalue weighted by Gasteiger charge is 2.22. The quantitative estimate of drug-likeness (QED) is 0.834. The van der Waals surface area contributed by atoms with Gasteiger partial charge in [0, 0.05) is 32.4 Å². The van der Waals surface area contributed by atoms with Crippen molar-refractivity contribution >= 4 is 28.1 Å². The first-order chi connectivity index (χ1) is 11.5. The molecule has 0 spiro atoms. The summed E-state index contributed by atoms with van der Waals surface area (Å²) in [5.41, 5.74) is 3.32. The van der Waals surface area contributed by atoms with E-state index in [1.54, 1.807) is 18.2 Å². The lowest BCUT2D eigenvalue weighted by Crippen LogP contribution is -2.38. The van der Waals surface area contributed by atoms with Crippen molar-refractivity contribution in [3.05, 3.63) is 59.7 Å². The van der Waals surface area contributed by atoms with Gasteiger partial charge in [-0.2, -0.15) is 0 Å². The first kappa shape index (κ1) is 19.7. The Hall–Kier alpha value is -1.60. The first-order valence-corrected chi connectivity index (χ1v) is 9.54. The van der Waals surface area contributed by atoms with E-state index in [0.29, 0.717) is 6.54 Å². The number of halogens is 1. The third-order valence-corrected chi connectivity index (χ3v) is 5.76. The molecule has 1 unspecified atom stereocenters. The summed E-state index contributed by atoms with van der Waals surface area (Å²) in [5.74, 6) is 0. The number of hydrogen-bond acceptors (Lipinski definition) is 4. The van der Waals surface area contributed by atoms with Crippen LogP contribution in [-0.2, 0) is 16.4 Å². The topological polar surface area (TPSA) is 61.4 Å². The molecule has 0 amide bonds. The van der Waals surface area contributed by atoms with Crippen molar-refractivity contribution < 1.29 is 8.42 Å². The zero-order chi connectivity index (χ0) is 17.2. The van der Waals surface area contributed by atoms with E-state index in [-0.39, 0.29) is 23.3 Å². The lowest BCUT2D eigenvalue weighted by Gasteiger charge is -2.27. The Bertz CT molecular complexity index is 825. The van der Waals surface area contributed by atoms with Crippen molar-refractivity contribution in [2.45, 2.75) is 17.4 Å². The number of anilines is 1. The van der Waals surface area contributed by atoms with Crippen LogP contribution in [0.4, 0.5) is 5.69 Å². The van der Waals surface area contributed by atoms with Gasteiger partial charge < -0.3 is 10.2 Å². The van der Waals surface area contributed by atoms with E-state index >= 15 is 0 Å². The molecule has 2 aromatic rings. The molecule has 0 bridgehead atoms. The molecule has 0 saturated heterocycles. The summed E-state index contributed by atoms with van der Waals surface area (Å²) in [7, 11) is 0.247. The van der Waals surface area contributed by atoms with Gasteiger partial charge in [-0.25, -0.2) is 13.1 Å². The maximum atomic E-state index is 12.6. The molecule has 0 fully saturated rings. The molecule has 2 N–H and O–H groups in total. The van der Waals surface area contributed by atoms with Crippen LogP contribution in [0.5, 0.6) is 0 Å². The number of hydrogen-bond donors (Lipinski definition) is 2. The van der Waals surface area contributed by atoms with E-state index in [1.165, 1.54) is 11.1 Å². The molecule has 25 heavy (non-hydrogen) atoms. The normalized spacial score (nSPS) is 16.6. The van der Waals surface area contributed by atoms with Gasteiger partial charge in [0.25, 0.3) is 0 Å². The molecule has 1 aliphatic rings. The fraction of sp³-hybridized carbons (Fsp3) is 0.333. The van der Waals surface area contributed by atoms with Gasteiger partial charge in [-0.15, -0.1) is 12.4 Å². The van der Waals surface area contributed by atoms with Gasteiger partial charge in [-0.1, -0.05) is 30.3 Å². The molecule has 5 nitrogen and oxygen atoms in total. The van der Waals surface area contributed by atoms with Crippen molar-refractivity contribution in [1.29, 1.82) is 0 Å². The van der Waals surface area contributed by atoms with Gasteiger partial charge in [-0.3, -0.25) is 0 Å². The number of benzene rings is 2. The largest absolute Gasteiger partial charge is 0.378 e. The maximum Gasteiger partial charge on any atom is 0.240 e. The van der Waals surface area contributed by atoms with Crippen LogP contribution in [0.2, 0.25) is 0 Å². The highest BCUT2D eigenvalue weighted by atomic mass is 35.5. The van der Waals surface area contributed by atoms with Crippen LogP contribution in [0.3, 0.4) is 0 Å². The lowest BCUT2D eigenvalue weighted by atomic mass is 9.95. The monoisotopic (exact) mass is 381 g/mol. The van der Waals surface area contributed by atoms with Crippen LogP contribution in [-0.4, -0.2) is 35.6 Å². The molecule has 1 aliphatic heterocycles. The van der Waals surface area contributed by atoms with Crippen molar-refractivity contribution in [2.24, 2.45) is 0 Å². The summed E-state index contributed by atoms with van der Waals surface area (Å²) in [5, 5.41) is 3.39. The molecule has 3 rings (SSSR count). The third-order valence-electron chi connectivity index (χ3n) is 4.34. The van der Waals surface area contributed by atoms with E-state index in [1.807, 2.05) is 37.2 Å². The lowest BCUT2D eigenvalue weighted by molar-refractivity contribution is 0.491. The van der Waals surface area contributed by atoms with Gasteiger partial charge in [0.05, 0.1) is 4.90 Å². The van der Waals surface area contributed by atoms with E-state index in [4.69, 9.17) is 0 Å². The summed E-state index contributed by atoms with van der Waals surface area (Å²) >= 11 is 0. The van der Waals surface area contributed by atoms with Crippen LogP contribution < -0.4 is 14.9 Å². The SMILES string of the molecule is CN(C)c1cccc(S(=O)(=O)NCC2NCCc3ccccc32)c1.Cl. The number of nitrogens with zero attached hydrogens (tertiary/aromatic N) is 1. The molecule has 7 heteroatoms. The molecular formula is C18H24ClN3O2S. The summed E-state index contributed by atoms with van der Waals surface area (Å²) in [6, 6.07) is 15.1. The smallest absolute Gasteiger partial charge is 0.240 e. The van der Waals surface area contributed by atoms with Crippen LogP contribution >= 0.6 is 12.4 Å². The molecule has 0 radical (unpaired) electrons. The molecular weight excluding hydrogens is 358 g/mol. The van der Waals surface area contributed by atoms with Gasteiger partial charge in [0.2, 0.25) is 10.0 Å². The highest BCUT2D eigenvalue weighted by molar-refractivity contribution is 7.89. The van der Waals surface area contributed by atoms with Gasteiger partial charge in [-0.05, 0) is 42.3 Å².